The lowest BCUT2D eigenvalue weighted by Crippen LogP contribution is -2.08. The van der Waals surface area contributed by atoms with Crippen LogP contribution in [0.1, 0.15) is 18.0 Å². The molecule has 0 bridgehead atoms. The van der Waals surface area contributed by atoms with E-state index < -0.39 is 0 Å². The molecule has 3 nitrogen and oxygen atoms in total. The molecule has 0 unspecified atom stereocenters. The van der Waals surface area contributed by atoms with Crippen molar-refractivity contribution in [2.75, 3.05) is 5.73 Å². The Balaban J connectivity index is 2.76. The Morgan fingerprint density at radius 2 is 1.92 bits per heavy atom. The number of hydrogen-bond acceptors (Lipinski definition) is 3. The minimum atomic E-state index is -0.199. The van der Waals surface area contributed by atoms with Crippen LogP contribution >= 0.6 is 0 Å². The van der Waals surface area contributed by atoms with Crippen molar-refractivity contribution < 1.29 is 0 Å². The number of nitrogen functional groups attached to an aromatic ring is 1. The zero-order valence-corrected chi connectivity index (χ0v) is 6.70. The first-order chi connectivity index (χ1) is 5.74. The van der Waals surface area contributed by atoms with E-state index in [1.165, 1.54) is 0 Å². The fourth-order valence-electron chi connectivity index (χ4n) is 0.959. The SMILES string of the molecule is N#CC[C@H](N)c1ccc(N)cc1. The molecule has 0 saturated carbocycles. The Kier molecular flexibility index (Phi) is 2.67. The third-order valence-corrected chi connectivity index (χ3v) is 1.68. The summed E-state index contributed by atoms with van der Waals surface area (Å²) in [6.45, 7) is 0. The van der Waals surface area contributed by atoms with E-state index >= 15 is 0 Å². The highest BCUT2D eigenvalue weighted by molar-refractivity contribution is 5.40. The molecule has 1 atom stereocenters. The van der Waals surface area contributed by atoms with Gasteiger partial charge in [0.25, 0.3) is 0 Å². The first-order valence-corrected chi connectivity index (χ1v) is 3.72. The number of rotatable bonds is 2. The summed E-state index contributed by atoms with van der Waals surface area (Å²) in [6, 6.07) is 9.08. The summed E-state index contributed by atoms with van der Waals surface area (Å²) < 4.78 is 0. The average molecular weight is 161 g/mol. The minimum Gasteiger partial charge on any atom is -0.399 e. The van der Waals surface area contributed by atoms with E-state index in [-0.39, 0.29) is 6.04 Å². The average Bonchev–Trinajstić information content (AvgIpc) is 2.06. The predicted molar refractivity (Wildman–Crippen MR) is 48.0 cm³/mol. The van der Waals surface area contributed by atoms with Crippen molar-refractivity contribution in [2.45, 2.75) is 12.5 Å². The molecular weight excluding hydrogens is 150 g/mol. The van der Waals surface area contributed by atoms with E-state index in [2.05, 4.69) is 0 Å². The summed E-state index contributed by atoms with van der Waals surface area (Å²) >= 11 is 0. The molecular formula is C9H11N3. The monoisotopic (exact) mass is 161 g/mol. The normalized spacial score (nSPS) is 12.0. The van der Waals surface area contributed by atoms with Gasteiger partial charge < -0.3 is 11.5 Å². The quantitative estimate of drug-likeness (QED) is 0.639. The molecule has 0 radical (unpaired) electrons. The molecule has 1 rings (SSSR count). The number of hydrogen-bond donors (Lipinski definition) is 2. The topological polar surface area (TPSA) is 75.8 Å². The maximum absolute atomic E-state index is 8.40. The molecule has 1 aromatic carbocycles. The van der Waals surface area contributed by atoms with Gasteiger partial charge >= 0.3 is 0 Å². The first-order valence-electron chi connectivity index (χ1n) is 3.72. The summed E-state index contributed by atoms with van der Waals surface area (Å²) in [7, 11) is 0. The summed E-state index contributed by atoms with van der Waals surface area (Å²) in [5.74, 6) is 0. The highest BCUT2D eigenvalue weighted by atomic mass is 14.6. The van der Waals surface area contributed by atoms with Crippen molar-refractivity contribution in [2.24, 2.45) is 5.73 Å². The van der Waals surface area contributed by atoms with Crippen LogP contribution in [0.3, 0.4) is 0 Å². The number of nitrogens with two attached hydrogens (primary N) is 2. The van der Waals surface area contributed by atoms with Gasteiger partial charge in [-0.15, -0.1) is 0 Å². The molecule has 0 heterocycles. The Hall–Kier alpha value is -1.53. The summed E-state index contributed by atoms with van der Waals surface area (Å²) in [6.07, 6.45) is 0.337. The Morgan fingerprint density at radius 1 is 1.33 bits per heavy atom. The van der Waals surface area contributed by atoms with Gasteiger partial charge in [0.1, 0.15) is 0 Å². The predicted octanol–water partition coefficient (Wildman–Crippen LogP) is 1.18. The maximum atomic E-state index is 8.40. The van der Waals surface area contributed by atoms with Crippen LogP contribution < -0.4 is 11.5 Å². The molecule has 1 aromatic rings. The minimum absolute atomic E-state index is 0.199. The molecule has 0 aliphatic carbocycles. The molecule has 0 saturated heterocycles. The molecule has 4 N–H and O–H groups in total. The van der Waals surface area contributed by atoms with Crippen molar-refractivity contribution in [3.8, 4) is 6.07 Å². The van der Waals surface area contributed by atoms with Crippen LogP contribution in [0.5, 0.6) is 0 Å². The Labute approximate surface area is 71.6 Å². The van der Waals surface area contributed by atoms with Crippen LogP contribution in [0.25, 0.3) is 0 Å². The lowest BCUT2D eigenvalue weighted by molar-refractivity contribution is 0.749. The summed E-state index contributed by atoms with van der Waals surface area (Å²) in [5, 5.41) is 8.40. The summed E-state index contributed by atoms with van der Waals surface area (Å²) in [4.78, 5) is 0. The van der Waals surface area contributed by atoms with Gasteiger partial charge in [0.15, 0.2) is 0 Å². The van der Waals surface area contributed by atoms with Crippen LogP contribution in [0.4, 0.5) is 5.69 Å². The molecule has 0 spiro atoms. The van der Waals surface area contributed by atoms with E-state index in [0.29, 0.717) is 12.1 Å². The number of nitriles is 1. The van der Waals surface area contributed by atoms with E-state index in [1.807, 2.05) is 18.2 Å². The van der Waals surface area contributed by atoms with Gasteiger partial charge in [-0.3, -0.25) is 0 Å². The van der Waals surface area contributed by atoms with Crippen molar-refractivity contribution in [3.63, 3.8) is 0 Å². The van der Waals surface area contributed by atoms with Crippen molar-refractivity contribution in [1.29, 1.82) is 5.26 Å². The standard InChI is InChI=1S/C9H11N3/c10-6-5-9(12)7-1-3-8(11)4-2-7/h1-4,9H,5,11-12H2/t9-/m0/s1. The fourth-order valence-corrected chi connectivity index (χ4v) is 0.959. The van der Waals surface area contributed by atoms with Gasteiger partial charge in [0.2, 0.25) is 0 Å². The zero-order valence-electron chi connectivity index (χ0n) is 6.70. The van der Waals surface area contributed by atoms with Crippen molar-refractivity contribution >= 4 is 5.69 Å². The molecule has 0 aromatic heterocycles. The fraction of sp³-hybridized carbons (Fsp3) is 0.222. The van der Waals surface area contributed by atoms with Gasteiger partial charge in [0, 0.05) is 11.7 Å². The molecule has 12 heavy (non-hydrogen) atoms. The van der Waals surface area contributed by atoms with E-state index in [1.54, 1.807) is 12.1 Å². The molecule has 3 heteroatoms. The Morgan fingerprint density at radius 3 is 2.42 bits per heavy atom. The highest BCUT2D eigenvalue weighted by Crippen LogP contribution is 2.14. The first kappa shape index (κ1) is 8.57. The number of benzene rings is 1. The molecule has 62 valence electrons. The van der Waals surface area contributed by atoms with E-state index in [4.69, 9.17) is 16.7 Å². The van der Waals surface area contributed by atoms with Gasteiger partial charge in [-0.25, -0.2) is 0 Å². The lowest BCUT2D eigenvalue weighted by Gasteiger charge is -2.06. The van der Waals surface area contributed by atoms with Crippen LogP contribution in [0.2, 0.25) is 0 Å². The maximum Gasteiger partial charge on any atom is 0.0641 e. The smallest absolute Gasteiger partial charge is 0.0641 e. The highest BCUT2D eigenvalue weighted by Gasteiger charge is 2.03. The number of anilines is 1. The van der Waals surface area contributed by atoms with Crippen LogP contribution in [0, 0.1) is 11.3 Å². The van der Waals surface area contributed by atoms with Gasteiger partial charge in [-0.2, -0.15) is 5.26 Å². The second-order valence-electron chi connectivity index (χ2n) is 2.64. The third-order valence-electron chi connectivity index (χ3n) is 1.68. The molecule has 0 amide bonds. The van der Waals surface area contributed by atoms with Crippen LogP contribution in [0.15, 0.2) is 24.3 Å². The second-order valence-corrected chi connectivity index (χ2v) is 2.64. The van der Waals surface area contributed by atoms with Crippen molar-refractivity contribution in [1.82, 2.24) is 0 Å². The second kappa shape index (κ2) is 3.74. The largest absolute Gasteiger partial charge is 0.399 e. The van der Waals surface area contributed by atoms with Crippen molar-refractivity contribution in [3.05, 3.63) is 29.8 Å². The Bertz CT molecular complexity index is 284. The van der Waals surface area contributed by atoms with E-state index in [0.717, 1.165) is 5.56 Å². The third kappa shape index (κ3) is 1.97. The summed E-state index contributed by atoms with van der Waals surface area (Å²) in [5.41, 5.74) is 12.8. The molecule has 0 aliphatic rings. The number of nitrogens with zero attached hydrogens (tertiary/aromatic N) is 1. The van der Waals surface area contributed by atoms with Gasteiger partial charge in [-0.1, -0.05) is 12.1 Å². The zero-order chi connectivity index (χ0) is 8.97. The van der Waals surface area contributed by atoms with Crippen LogP contribution in [-0.4, -0.2) is 0 Å². The van der Waals surface area contributed by atoms with Gasteiger partial charge in [0.05, 0.1) is 12.5 Å². The van der Waals surface area contributed by atoms with Gasteiger partial charge in [-0.05, 0) is 17.7 Å². The van der Waals surface area contributed by atoms with Crippen LogP contribution in [-0.2, 0) is 0 Å². The lowest BCUT2D eigenvalue weighted by atomic mass is 10.1. The molecule has 0 fully saturated rings. The molecule has 0 aliphatic heterocycles. The van der Waals surface area contributed by atoms with E-state index in [9.17, 15) is 0 Å².